The van der Waals surface area contributed by atoms with Gasteiger partial charge in [0.15, 0.2) is 0 Å². The molecule has 0 aliphatic rings. The van der Waals surface area contributed by atoms with Gasteiger partial charge in [0.2, 0.25) is 0 Å². The summed E-state index contributed by atoms with van der Waals surface area (Å²) in [7, 11) is 0. The molecule has 1 amide bonds. The van der Waals surface area contributed by atoms with E-state index in [-0.39, 0.29) is 5.91 Å². The Morgan fingerprint density at radius 2 is 1.46 bits per heavy atom. The normalized spacial score (nSPS) is 10.0. The van der Waals surface area contributed by atoms with Crippen molar-refractivity contribution < 1.29 is 4.79 Å². The van der Waals surface area contributed by atoms with Crippen LogP contribution in [0.3, 0.4) is 0 Å². The molecule has 0 unspecified atom stereocenters. The number of hydrazone groups is 1. The molecule has 3 aromatic rings. The van der Waals surface area contributed by atoms with Crippen LogP contribution in [-0.4, -0.2) is 21.6 Å². The van der Waals surface area contributed by atoms with E-state index in [9.17, 15) is 4.79 Å². The van der Waals surface area contributed by atoms with Crippen LogP contribution in [0.2, 0.25) is 5.02 Å². The lowest BCUT2D eigenvalue weighted by Crippen LogP contribution is -2.21. The van der Waals surface area contributed by atoms with Gasteiger partial charge in [-0.05, 0) is 48.5 Å². The summed E-state index contributed by atoms with van der Waals surface area (Å²) in [6.07, 6.45) is 3.32. The Labute approximate surface area is 144 Å². The van der Waals surface area contributed by atoms with Gasteiger partial charge >= 0.3 is 0 Å². The Morgan fingerprint density at radius 3 is 1.96 bits per heavy atom. The summed E-state index contributed by atoms with van der Waals surface area (Å²) in [5.74, 6) is -0.337. The quantitative estimate of drug-likeness (QED) is 0.587. The molecule has 0 aliphatic carbocycles. The number of amides is 1. The van der Waals surface area contributed by atoms with Crippen molar-refractivity contribution in [1.29, 1.82) is 0 Å². The van der Waals surface area contributed by atoms with Gasteiger partial charge in [0.05, 0.1) is 11.4 Å². The van der Waals surface area contributed by atoms with Crippen LogP contribution < -0.4 is 5.43 Å². The Balaban J connectivity index is 1.90. The number of nitrogens with zero attached hydrogens (tertiary/aromatic N) is 3. The third kappa shape index (κ3) is 3.83. The number of halogens is 1. The zero-order valence-electron chi connectivity index (χ0n) is 12.6. The molecule has 6 heteroatoms. The van der Waals surface area contributed by atoms with Crippen LogP contribution in [0, 0.1) is 0 Å². The van der Waals surface area contributed by atoms with Crippen LogP contribution >= 0.6 is 11.6 Å². The van der Waals surface area contributed by atoms with Crippen molar-refractivity contribution in [2.45, 2.75) is 0 Å². The Kier molecular flexibility index (Phi) is 4.93. The topological polar surface area (TPSA) is 67.2 Å². The maximum Gasteiger partial charge on any atom is 0.271 e. The summed E-state index contributed by atoms with van der Waals surface area (Å²) < 4.78 is 0. The van der Waals surface area contributed by atoms with E-state index in [2.05, 4.69) is 20.5 Å². The van der Waals surface area contributed by atoms with E-state index in [1.54, 1.807) is 36.7 Å². The number of aromatic nitrogens is 2. The Hall–Kier alpha value is -3.05. The molecule has 3 rings (SSSR count). The maximum atomic E-state index is 12.2. The minimum absolute atomic E-state index is 0.337. The highest BCUT2D eigenvalue weighted by Gasteiger charge is 2.11. The minimum atomic E-state index is -0.337. The predicted octanol–water partition coefficient (Wildman–Crippen LogP) is 3.31. The van der Waals surface area contributed by atoms with Crippen LogP contribution in [-0.2, 0) is 0 Å². The lowest BCUT2D eigenvalue weighted by atomic mass is 10.1. The van der Waals surface area contributed by atoms with Crippen molar-refractivity contribution in [3.63, 3.8) is 0 Å². The molecule has 0 spiro atoms. The molecule has 0 fully saturated rings. The van der Waals surface area contributed by atoms with Crippen LogP contribution in [0.15, 0.2) is 78.2 Å². The summed E-state index contributed by atoms with van der Waals surface area (Å²) in [5, 5.41) is 4.79. The van der Waals surface area contributed by atoms with E-state index >= 15 is 0 Å². The summed E-state index contributed by atoms with van der Waals surface area (Å²) in [6.45, 7) is 0. The third-order valence-electron chi connectivity index (χ3n) is 3.19. The highest BCUT2D eigenvalue weighted by molar-refractivity contribution is 6.30. The fourth-order valence-corrected chi connectivity index (χ4v) is 2.15. The Bertz CT molecular complexity index is 808. The van der Waals surface area contributed by atoms with E-state index in [1.165, 1.54) is 0 Å². The second kappa shape index (κ2) is 7.48. The van der Waals surface area contributed by atoms with Crippen molar-refractivity contribution in [2.24, 2.45) is 5.10 Å². The minimum Gasteiger partial charge on any atom is -0.267 e. The highest BCUT2D eigenvalue weighted by Crippen LogP contribution is 2.10. The van der Waals surface area contributed by atoms with Crippen molar-refractivity contribution in [3.05, 3.63) is 95.0 Å². The predicted molar refractivity (Wildman–Crippen MR) is 93.0 cm³/mol. The van der Waals surface area contributed by atoms with E-state index in [1.807, 2.05) is 36.4 Å². The van der Waals surface area contributed by atoms with Crippen LogP contribution in [0.4, 0.5) is 0 Å². The molecule has 2 heterocycles. The first kappa shape index (κ1) is 15.8. The average molecular weight is 337 g/mol. The molecule has 5 nitrogen and oxygen atoms in total. The van der Waals surface area contributed by atoms with Gasteiger partial charge in [-0.15, -0.1) is 0 Å². The summed E-state index contributed by atoms with van der Waals surface area (Å²) in [4.78, 5) is 20.8. The molecular formula is C18H13ClN4O. The molecular weight excluding hydrogens is 324 g/mol. The number of pyridine rings is 2. The van der Waals surface area contributed by atoms with Gasteiger partial charge in [-0.1, -0.05) is 23.7 Å². The van der Waals surface area contributed by atoms with Crippen LogP contribution in [0.25, 0.3) is 0 Å². The van der Waals surface area contributed by atoms with Gasteiger partial charge in [0.1, 0.15) is 5.71 Å². The highest BCUT2D eigenvalue weighted by atomic mass is 35.5. The van der Waals surface area contributed by atoms with Crippen molar-refractivity contribution in [3.8, 4) is 0 Å². The lowest BCUT2D eigenvalue weighted by Gasteiger charge is -2.06. The average Bonchev–Trinajstić information content (AvgIpc) is 2.64. The van der Waals surface area contributed by atoms with Gasteiger partial charge in [0.25, 0.3) is 5.91 Å². The number of carbonyl (C=O) groups is 1. The van der Waals surface area contributed by atoms with Crippen LogP contribution in [0.5, 0.6) is 0 Å². The third-order valence-corrected chi connectivity index (χ3v) is 3.44. The second-order valence-corrected chi connectivity index (χ2v) is 5.27. The van der Waals surface area contributed by atoms with Gasteiger partial charge in [-0.25, -0.2) is 5.43 Å². The number of carbonyl (C=O) groups excluding carboxylic acids is 1. The molecule has 0 bridgehead atoms. The molecule has 24 heavy (non-hydrogen) atoms. The molecule has 1 N–H and O–H groups in total. The molecule has 1 aromatic carbocycles. The van der Waals surface area contributed by atoms with Crippen molar-refractivity contribution in [2.75, 3.05) is 0 Å². The summed E-state index contributed by atoms with van der Waals surface area (Å²) in [5.41, 5.74) is 4.72. The molecule has 0 saturated carbocycles. The molecule has 118 valence electrons. The molecule has 0 saturated heterocycles. The van der Waals surface area contributed by atoms with E-state index < -0.39 is 0 Å². The lowest BCUT2D eigenvalue weighted by molar-refractivity contribution is 0.0955. The van der Waals surface area contributed by atoms with Gasteiger partial charge in [-0.2, -0.15) is 5.10 Å². The fourth-order valence-electron chi connectivity index (χ4n) is 2.02. The van der Waals surface area contributed by atoms with Crippen molar-refractivity contribution in [1.82, 2.24) is 15.4 Å². The van der Waals surface area contributed by atoms with E-state index in [0.29, 0.717) is 27.7 Å². The first-order valence-corrected chi connectivity index (χ1v) is 7.58. The second-order valence-electron chi connectivity index (χ2n) is 4.84. The maximum absolute atomic E-state index is 12.2. The molecule has 2 aromatic heterocycles. The molecule has 0 atom stereocenters. The number of hydrogen-bond acceptors (Lipinski definition) is 4. The van der Waals surface area contributed by atoms with E-state index in [4.69, 9.17) is 11.6 Å². The number of benzene rings is 1. The number of hydrogen-bond donors (Lipinski definition) is 1. The number of rotatable bonds is 4. The zero-order valence-corrected chi connectivity index (χ0v) is 13.3. The zero-order chi connectivity index (χ0) is 16.8. The van der Waals surface area contributed by atoms with E-state index in [0.717, 1.165) is 0 Å². The Morgan fingerprint density at radius 1 is 0.875 bits per heavy atom. The van der Waals surface area contributed by atoms with Gasteiger partial charge < -0.3 is 0 Å². The smallest absolute Gasteiger partial charge is 0.267 e. The fraction of sp³-hybridized carbons (Fsp3) is 0. The van der Waals surface area contributed by atoms with Crippen LogP contribution in [0.1, 0.15) is 21.7 Å². The first-order chi connectivity index (χ1) is 11.7. The van der Waals surface area contributed by atoms with Gasteiger partial charge in [0, 0.05) is 23.0 Å². The molecule has 0 radical (unpaired) electrons. The monoisotopic (exact) mass is 336 g/mol. The summed E-state index contributed by atoms with van der Waals surface area (Å²) in [6, 6.07) is 17.5. The van der Waals surface area contributed by atoms with Gasteiger partial charge in [-0.3, -0.25) is 14.8 Å². The van der Waals surface area contributed by atoms with Crippen molar-refractivity contribution >= 4 is 23.2 Å². The first-order valence-electron chi connectivity index (χ1n) is 7.20. The molecule has 0 aliphatic heterocycles. The summed E-state index contributed by atoms with van der Waals surface area (Å²) >= 11 is 5.83. The standard InChI is InChI=1S/C18H13ClN4O/c19-14-9-7-13(8-10-14)18(24)23-22-17(15-5-1-3-11-20-15)16-6-2-4-12-21-16/h1-12H,(H,23,24). The SMILES string of the molecule is O=C(NN=C(c1ccccn1)c1ccccn1)c1ccc(Cl)cc1. The largest absolute Gasteiger partial charge is 0.271 e. The number of nitrogens with one attached hydrogen (secondary N) is 1.